The molecule has 1 unspecified atom stereocenters. The highest BCUT2D eigenvalue weighted by Crippen LogP contribution is 2.10. The monoisotopic (exact) mass is 326 g/mol. The first-order chi connectivity index (χ1) is 10.6. The minimum Gasteiger partial charge on any atom is -0.478 e. The molecule has 7 heteroatoms. The van der Waals surface area contributed by atoms with Gasteiger partial charge in [-0.1, -0.05) is 6.92 Å². The fourth-order valence-electron chi connectivity index (χ4n) is 1.97. The Hall–Kier alpha value is -2.02. The lowest BCUT2D eigenvalue weighted by Crippen LogP contribution is -2.38. The highest BCUT2D eigenvalue weighted by atomic mass is 16.6. The van der Waals surface area contributed by atoms with Crippen molar-refractivity contribution < 1.29 is 23.8 Å². The highest BCUT2D eigenvalue weighted by molar-refractivity contribution is 5.87. The third-order valence-electron chi connectivity index (χ3n) is 2.98. The van der Waals surface area contributed by atoms with Crippen molar-refractivity contribution in [2.45, 2.75) is 39.8 Å². The van der Waals surface area contributed by atoms with Crippen LogP contribution >= 0.6 is 0 Å². The van der Waals surface area contributed by atoms with Gasteiger partial charge in [0.1, 0.15) is 17.6 Å². The van der Waals surface area contributed by atoms with Gasteiger partial charge in [-0.25, -0.2) is 9.59 Å². The Bertz CT molecular complexity index is 533. The van der Waals surface area contributed by atoms with Gasteiger partial charge in [-0.2, -0.15) is 0 Å². The molecule has 0 bridgehead atoms. The number of carboxylic acid groups (broad SMARTS) is 1. The zero-order valence-electron chi connectivity index (χ0n) is 14.4. The van der Waals surface area contributed by atoms with E-state index in [1.165, 1.54) is 12.3 Å². The number of carbonyl (C=O) groups excluding carboxylic acids is 1. The molecule has 2 N–H and O–H groups in total. The van der Waals surface area contributed by atoms with Gasteiger partial charge in [0.25, 0.3) is 0 Å². The lowest BCUT2D eigenvalue weighted by molar-refractivity contribution is 0.0276. The number of amides is 1. The minimum absolute atomic E-state index is 0.138. The summed E-state index contributed by atoms with van der Waals surface area (Å²) in [6, 6.07) is 1.49. The Morgan fingerprint density at radius 1 is 1.43 bits per heavy atom. The quantitative estimate of drug-likeness (QED) is 0.800. The number of rotatable bonds is 7. The van der Waals surface area contributed by atoms with Crippen LogP contribution in [0.15, 0.2) is 16.7 Å². The van der Waals surface area contributed by atoms with E-state index in [1.54, 1.807) is 11.9 Å². The van der Waals surface area contributed by atoms with Gasteiger partial charge in [0.2, 0.25) is 0 Å². The van der Waals surface area contributed by atoms with E-state index in [0.717, 1.165) is 0 Å². The zero-order valence-corrected chi connectivity index (χ0v) is 14.4. The van der Waals surface area contributed by atoms with E-state index in [0.29, 0.717) is 25.4 Å². The van der Waals surface area contributed by atoms with Gasteiger partial charge < -0.3 is 24.5 Å². The molecule has 0 saturated carbocycles. The number of carboxylic acids is 1. The van der Waals surface area contributed by atoms with Crippen molar-refractivity contribution in [3.63, 3.8) is 0 Å². The van der Waals surface area contributed by atoms with Crippen LogP contribution in [0.25, 0.3) is 0 Å². The van der Waals surface area contributed by atoms with Crippen LogP contribution in [0.2, 0.25) is 0 Å². The second kappa shape index (κ2) is 8.01. The van der Waals surface area contributed by atoms with Crippen LogP contribution in [0.4, 0.5) is 4.79 Å². The normalized spacial score (nSPS) is 12.7. The van der Waals surface area contributed by atoms with Gasteiger partial charge in [-0.3, -0.25) is 0 Å². The van der Waals surface area contributed by atoms with E-state index in [2.05, 4.69) is 5.32 Å². The van der Waals surface area contributed by atoms with Crippen molar-refractivity contribution in [2.75, 3.05) is 20.1 Å². The van der Waals surface area contributed by atoms with Crippen LogP contribution in [0.3, 0.4) is 0 Å². The Labute approximate surface area is 136 Å². The summed E-state index contributed by atoms with van der Waals surface area (Å²) < 4.78 is 10.4. The molecular weight excluding hydrogens is 300 g/mol. The molecule has 0 aliphatic rings. The Morgan fingerprint density at radius 2 is 2.09 bits per heavy atom. The molecule has 0 saturated heterocycles. The molecule has 1 aromatic rings. The largest absolute Gasteiger partial charge is 0.478 e. The predicted octanol–water partition coefficient (Wildman–Crippen LogP) is 2.57. The molecule has 0 radical (unpaired) electrons. The molecular formula is C16H26N2O5. The molecule has 0 aliphatic carbocycles. The second-order valence-electron chi connectivity index (χ2n) is 6.70. The minimum atomic E-state index is -1.01. The summed E-state index contributed by atoms with van der Waals surface area (Å²) in [5.41, 5.74) is -0.368. The molecule has 130 valence electrons. The van der Waals surface area contributed by atoms with Crippen LogP contribution in [0.5, 0.6) is 0 Å². The van der Waals surface area contributed by atoms with Crippen LogP contribution in [0.1, 0.15) is 43.8 Å². The van der Waals surface area contributed by atoms with Gasteiger partial charge in [-0.05, 0) is 39.3 Å². The van der Waals surface area contributed by atoms with E-state index >= 15 is 0 Å². The van der Waals surface area contributed by atoms with Gasteiger partial charge in [0.15, 0.2) is 0 Å². The molecule has 0 aliphatic heterocycles. The van der Waals surface area contributed by atoms with Crippen LogP contribution in [-0.2, 0) is 11.3 Å². The first-order valence-electron chi connectivity index (χ1n) is 7.54. The molecule has 7 nitrogen and oxygen atoms in total. The third-order valence-corrected chi connectivity index (χ3v) is 2.98. The standard InChI is InChI=1S/C16H26N2O5/c1-11(9-18(5)15(21)23-16(2,3)4)7-17-8-13-6-12(10-22-13)14(19)20/h6,10-11,17H,7-9H2,1-5H3,(H,19,20). The topological polar surface area (TPSA) is 92.0 Å². The van der Waals surface area contributed by atoms with Crippen molar-refractivity contribution in [3.05, 3.63) is 23.7 Å². The van der Waals surface area contributed by atoms with E-state index in [4.69, 9.17) is 14.3 Å². The van der Waals surface area contributed by atoms with E-state index in [1.807, 2.05) is 27.7 Å². The number of hydrogen-bond acceptors (Lipinski definition) is 5. The molecule has 1 amide bonds. The fraction of sp³-hybridized carbons (Fsp3) is 0.625. The van der Waals surface area contributed by atoms with Gasteiger partial charge in [0, 0.05) is 13.6 Å². The Balaban J connectivity index is 2.31. The third kappa shape index (κ3) is 7.19. The molecule has 23 heavy (non-hydrogen) atoms. The van der Waals surface area contributed by atoms with Crippen molar-refractivity contribution in [2.24, 2.45) is 5.92 Å². The number of ether oxygens (including phenoxy) is 1. The first kappa shape index (κ1) is 19.0. The summed E-state index contributed by atoms with van der Waals surface area (Å²) >= 11 is 0. The maximum Gasteiger partial charge on any atom is 0.410 e. The van der Waals surface area contributed by atoms with E-state index in [9.17, 15) is 9.59 Å². The molecule has 1 aromatic heterocycles. The number of furan rings is 1. The number of carbonyl (C=O) groups is 2. The summed E-state index contributed by atoms with van der Waals surface area (Å²) in [6.45, 7) is 9.17. The summed E-state index contributed by atoms with van der Waals surface area (Å²) in [6.07, 6.45) is 0.875. The number of aromatic carboxylic acids is 1. The highest BCUT2D eigenvalue weighted by Gasteiger charge is 2.20. The average Bonchev–Trinajstić information content (AvgIpc) is 2.85. The van der Waals surface area contributed by atoms with Crippen molar-refractivity contribution in [3.8, 4) is 0 Å². The summed E-state index contributed by atoms with van der Waals surface area (Å²) in [4.78, 5) is 24.2. The van der Waals surface area contributed by atoms with Crippen LogP contribution in [0, 0.1) is 5.92 Å². The molecule has 0 aromatic carbocycles. The number of nitrogens with zero attached hydrogens (tertiary/aromatic N) is 1. The summed E-state index contributed by atoms with van der Waals surface area (Å²) in [7, 11) is 1.70. The molecule has 0 fully saturated rings. The SMILES string of the molecule is CC(CNCc1cc(C(=O)O)co1)CN(C)C(=O)OC(C)(C)C. The Kier molecular flexibility index (Phi) is 6.62. The molecule has 1 rings (SSSR count). The van der Waals surface area contributed by atoms with Crippen molar-refractivity contribution in [1.82, 2.24) is 10.2 Å². The van der Waals surface area contributed by atoms with Gasteiger partial charge >= 0.3 is 12.1 Å². The number of hydrogen-bond donors (Lipinski definition) is 2. The summed E-state index contributed by atoms with van der Waals surface area (Å²) in [5.74, 6) is -0.233. The van der Waals surface area contributed by atoms with Gasteiger partial charge in [-0.15, -0.1) is 0 Å². The first-order valence-corrected chi connectivity index (χ1v) is 7.54. The van der Waals surface area contributed by atoms with Crippen LogP contribution in [-0.4, -0.2) is 47.8 Å². The van der Waals surface area contributed by atoms with Crippen molar-refractivity contribution >= 4 is 12.1 Å². The molecule has 0 spiro atoms. The van der Waals surface area contributed by atoms with Gasteiger partial charge in [0.05, 0.1) is 12.1 Å². The Morgan fingerprint density at radius 3 is 2.61 bits per heavy atom. The fourth-order valence-corrected chi connectivity index (χ4v) is 1.97. The number of nitrogens with one attached hydrogen (secondary N) is 1. The smallest absolute Gasteiger partial charge is 0.410 e. The predicted molar refractivity (Wildman–Crippen MR) is 85.4 cm³/mol. The lowest BCUT2D eigenvalue weighted by Gasteiger charge is -2.26. The molecule has 1 atom stereocenters. The van der Waals surface area contributed by atoms with E-state index < -0.39 is 11.6 Å². The zero-order chi connectivity index (χ0) is 17.6. The van der Waals surface area contributed by atoms with Crippen LogP contribution < -0.4 is 5.32 Å². The van der Waals surface area contributed by atoms with Crippen molar-refractivity contribution in [1.29, 1.82) is 0 Å². The average molecular weight is 326 g/mol. The second-order valence-corrected chi connectivity index (χ2v) is 6.70. The summed E-state index contributed by atoms with van der Waals surface area (Å²) in [5, 5.41) is 12.0. The van der Waals surface area contributed by atoms with E-state index in [-0.39, 0.29) is 17.6 Å². The lowest BCUT2D eigenvalue weighted by atomic mass is 10.1. The molecule has 1 heterocycles. The maximum absolute atomic E-state index is 11.9. The maximum atomic E-state index is 11.9.